The van der Waals surface area contributed by atoms with Gasteiger partial charge in [0.1, 0.15) is 5.69 Å². The van der Waals surface area contributed by atoms with E-state index in [1.54, 1.807) is 0 Å². The van der Waals surface area contributed by atoms with Gasteiger partial charge in [0, 0.05) is 12.6 Å². The molecule has 1 saturated carbocycles. The molecule has 1 aliphatic rings. The summed E-state index contributed by atoms with van der Waals surface area (Å²) in [6.07, 6.45) is -2.17. The quantitative estimate of drug-likeness (QED) is 0.900. The second-order valence-corrected chi connectivity index (χ2v) is 4.87. The van der Waals surface area contributed by atoms with Crippen molar-refractivity contribution in [2.24, 2.45) is 11.1 Å². The van der Waals surface area contributed by atoms with Gasteiger partial charge in [0.25, 0.3) is 5.56 Å². The monoisotopic (exact) mass is 260 g/mol. The van der Waals surface area contributed by atoms with Crippen LogP contribution in [0.3, 0.4) is 0 Å². The Morgan fingerprint density at radius 3 is 2.50 bits per heavy atom. The van der Waals surface area contributed by atoms with E-state index >= 15 is 0 Å². The lowest BCUT2D eigenvalue weighted by Crippen LogP contribution is -2.31. The summed E-state index contributed by atoms with van der Waals surface area (Å²) >= 11 is 0. The maximum Gasteiger partial charge on any atom is 0.431 e. The smallest absolute Gasteiger partial charge is 0.330 e. The molecule has 1 heterocycles. The van der Waals surface area contributed by atoms with E-state index in [4.69, 9.17) is 5.73 Å². The van der Waals surface area contributed by atoms with Crippen molar-refractivity contribution in [1.29, 1.82) is 0 Å². The molecule has 0 radical (unpaired) electrons. The van der Waals surface area contributed by atoms with Crippen LogP contribution in [0.25, 0.3) is 0 Å². The van der Waals surface area contributed by atoms with Gasteiger partial charge in [-0.2, -0.15) is 13.2 Å². The Labute approximate surface area is 102 Å². The lowest BCUT2D eigenvalue weighted by atomic mass is 10.0. The molecule has 1 aliphatic carbocycles. The molecule has 0 aromatic carbocycles. The minimum atomic E-state index is -4.50. The van der Waals surface area contributed by atoms with Crippen molar-refractivity contribution in [2.45, 2.75) is 32.0 Å². The van der Waals surface area contributed by atoms with Crippen LogP contribution in [-0.2, 0) is 12.7 Å². The van der Waals surface area contributed by atoms with Crippen LogP contribution >= 0.6 is 0 Å². The van der Waals surface area contributed by atoms with Crippen LogP contribution in [0.4, 0.5) is 13.2 Å². The standard InChI is InChI=1S/C12H15F3N2O/c13-12(14,15)9-2-1-3-10(18)17(9)8-11(4-5-11)6-7-16/h1-3H,4-8,16H2. The zero-order valence-corrected chi connectivity index (χ0v) is 9.83. The highest BCUT2D eigenvalue weighted by molar-refractivity contribution is 5.11. The van der Waals surface area contributed by atoms with Crippen molar-refractivity contribution in [1.82, 2.24) is 4.57 Å². The maximum absolute atomic E-state index is 12.8. The fourth-order valence-corrected chi connectivity index (χ4v) is 2.24. The molecule has 6 heteroatoms. The van der Waals surface area contributed by atoms with Crippen molar-refractivity contribution in [2.75, 3.05) is 6.54 Å². The van der Waals surface area contributed by atoms with E-state index in [2.05, 4.69) is 0 Å². The third kappa shape index (κ3) is 2.58. The zero-order chi connectivity index (χ0) is 13.4. The van der Waals surface area contributed by atoms with Gasteiger partial charge in [0.15, 0.2) is 0 Å². The molecule has 0 saturated heterocycles. The van der Waals surface area contributed by atoms with Gasteiger partial charge in [-0.15, -0.1) is 0 Å². The Hall–Kier alpha value is -1.30. The minimum absolute atomic E-state index is 0.110. The summed E-state index contributed by atoms with van der Waals surface area (Å²) in [5.41, 5.74) is 3.77. The van der Waals surface area contributed by atoms with Crippen LogP contribution in [0, 0.1) is 5.41 Å². The normalized spacial score (nSPS) is 17.8. The highest BCUT2D eigenvalue weighted by Crippen LogP contribution is 2.50. The minimum Gasteiger partial charge on any atom is -0.330 e. The number of hydrogen-bond acceptors (Lipinski definition) is 2. The van der Waals surface area contributed by atoms with E-state index in [1.165, 1.54) is 0 Å². The molecule has 1 aromatic rings. The molecule has 0 aliphatic heterocycles. The van der Waals surface area contributed by atoms with Gasteiger partial charge in [-0.3, -0.25) is 4.79 Å². The number of hydrogen-bond donors (Lipinski definition) is 1. The van der Waals surface area contributed by atoms with Crippen molar-refractivity contribution in [3.63, 3.8) is 0 Å². The topological polar surface area (TPSA) is 48.0 Å². The third-order valence-corrected chi connectivity index (χ3v) is 3.47. The number of nitrogens with two attached hydrogens (primary N) is 1. The number of nitrogens with zero attached hydrogens (tertiary/aromatic N) is 1. The van der Waals surface area contributed by atoms with E-state index in [-0.39, 0.29) is 12.0 Å². The second kappa shape index (κ2) is 4.42. The Bertz CT molecular complexity index is 489. The first-order valence-electron chi connectivity index (χ1n) is 5.85. The average Bonchev–Trinajstić information content (AvgIpc) is 3.00. The Kier molecular flexibility index (Phi) is 3.23. The predicted molar refractivity (Wildman–Crippen MR) is 61.0 cm³/mol. The maximum atomic E-state index is 12.8. The van der Waals surface area contributed by atoms with E-state index in [0.717, 1.165) is 35.6 Å². The van der Waals surface area contributed by atoms with Crippen LogP contribution in [0.5, 0.6) is 0 Å². The summed E-state index contributed by atoms with van der Waals surface area (Å²) in [6, 6.07) is 3.25. The highest BCUT2D eigenvalue weighted by Gasteiger charge is 2.44. The summed E-state index contributed by atoms with van der Waals surface area (Å²) in [7, 11) is 0. The predicted octanol–water partition coefficient (Wildman–Crippen LogP) is 2.00. The average molecular weight is 260 g/mol. The number of rotatable bonds is 4. The molecule has 3 nitrogen and oxygen atoms in total. The van der Waals surface area contributed by atoms with Crippen LogP contribution in [-0.4, -0.2) is 11.1 Å². The van der Waals surface area contributed by atoms with Crippen molar-refractivity contribution >= 4 is 0 Å². The second-order valence-electron chi connectivity index (χ2n) is 4.87. The first kappa shape index (κ1) is 13.1. The first-order valence-corrected chi connectivity index (χ1v) is 5.85. The van der Waals surface area contributed by atoms with Crippen molar-refractivity contribution in [3.05, 3.63) is 34.2 Å². The zero-order valence-electron chi connectivity index (χ0n) is 9.83. The van der Waals surface area contributed by atoms with Crippen LogP contribution in [0.2, 0.25) is 0 Å². The Morgan fingerprint density at radius 2 is 2.00 bits per heavy atom. The van der Waals surface area contributed by atoms with Crippen molar-refractivity contribution < 1.29 is 13.2 Å². The van der Waals surface area contributed by atoms with Gasteiger partial charge >= 0.3 is 6.18 Å². The van der Waals surface area contributed by atoms with E-state index in [9.17, 15) is 18.0 Å². The number of aromatic nitrogens is 1. The Morgan fingerprint density at radius 1 is 1.33 bits per heavy atom. The van der Waals surface area contributed by atoms with Gasteiger partial charge in [-0.25, -0.2) is 0 Å². The third-order valence-electron chi connectivity index (χ3n) is 3.47. The van der Waals surface area contributed by atoms with Gasteiger partial charge < -0.3 is 10.3 Å². The van der Waals surface area contributed by atoms with Crippen LogP contribution < -0.4 is 11.3 Å². The van der Waals surface area contributed by atoms with Crippen LogP contribution in [0.15, 0.2) is 23.0 Å². The lowest BCUT2D eigenvalue weighted by molar-refractivity contribution is -0.144. The molecule has 100 valence electrons. The van der Waals surface area contributed by atoms with E-state index in [0.29, 0.717) is 13.0 Å². The number of alkyl halides is 3. The van der Waals surface area contributed by atoms with Gasteiger partial charge in [-0.05, 0) is 37.3 Å². The molecule has 2 rings (SSSR count). The van der Waals surface area contributed by atoms with E-state index in [1.807, 2.05) is 0 Å². The SMILES string of the molecule is NCCC1(Cn2c(C(F)(F)F)cccc2=O)CC1. The molecule has 0 amide bonds. The summed E-state index contributed by atoms with van der Waals surface area (Å²) < 4.78 is 39.3. The lowest BCUT2D eigenvalue weighted by Gasteiger charge is -2.20. The van der Waals surface area contributed by atoms with E-state index < -0.39 is 17.4 Å². The summed E-state index contributed by atoms with van der Waals surface area (Å²) in [5, 5.41) is 0. The van der Waals surface area contributed by atoms with Crippen LogP contribution in [0.1, 0.15) is 25.0 Å². The highest BCUT2D eigenvalue weighted by atomic mass is 19.4. The number of pyridine rings is 1. The summed E-state index contributed by atoms with van der Waals surface area (Å²) in [6.45, 7) is 0.543. The summed E-state index contributed by atoms with van der Waals surface area (Å²) in [4.78, 5) is 11.6. The van der Waals surface area contributed by atoms with Gasteiger partial charge in [0.05, 0.1) is 0 Å². The molecule has 1 fully saturated rings. The molecule has 0 spiro atoms. The molecular formula is C12H15F3N2O. The van der Waals surface area contributed by atoms with Gasteiger partial charge in [0.2, 0.25) is 0 Å². The van der Waals surface area contributed by atoms with Gasteiger partial charge in [-0.1, -0.05) is 6.07 Å². The fourth-order valence-electron chi connectivity index (χ4n) is 2.24. The molecule has 1 aromatic heterocycles. The largest absolute Gasteiger partial charge is 0.431 e. The molecule has 0 atom stereocenters. The molecule has 2 N–H and O–H groups in total. The Balaban J connectivity index is 2.35. The fraction of sp³-hybridized carbons (Fsp3) is 0.583. The first-order chi connectivity index (χ1) is 8.38. The van der Waals surface area contributed by atoms with Crippen molar-refractivity contribution in [3.8, 4) is 0 Å². The summed E-state index contributed by atoms with van der Waals surface area (Å²) in [5.74, 6) is 0. The number of halogens is 3. The molecule has 0 unspecified atom stereocenters. The molecular weight excluding hydrogens is 245 g/mol. The molecule has 18 heavy (non-hydrogen) atoms. The molecule has 0 bridgehead atoms.